The van der Waals surface area contributed by atoms with E-state index in [0.717, 1.165) is 55.0 Å². The maximum atomic E-state index is 14.1. The number of allylic oxidation sites excluding steroid dienone is 2. The second-order valence-corrected chi connectivity index (χ2v) is 9.60. The zero-order chi connectivity index (χ0) is 30.2. The Bertz CT molecular complexity index is 1160. The van der Waals surface area contributed by atoms with Crippen LogP contribution in [-0.4, -0.2) is 61.2 Å². The number of carbonyl (C=O) groups excluding carboxylic acids is 2. The van der Waals surface area contributed by atoms with Gasteiger partial charge >= 0.3 is 0 Å². The summed E-state index contributed by atoms with van der Waals surface area (Å²) in [6.07, 6.45) is 8.82. The fraction of sp³-hybridized carbons (Fsp3) is 0.406. The summed E-state index contributed by atoms with van der Waals surface area (Å²) in [5, 5.41) is 3.04. The highest BCUT2D eigenvalue weighted by molar-refractivity contribution is 5.93. The number of hydrogen-bond donors (Lipinski definition) is 2. The maximum absolute atomic E-state index is 14.1. The molecule has 1 aliphatic rings. The third kappa shape index (κ3) is 10.1. The number of amides is 1. The topological polar surface area (TPSA) is 91.6 Å². The molecule has 218 valence electrons. The Morgan fingerprint density at radius 2 is 1.77 bits per heavy atom. The van der Waals surface area contributed by atoms with Gasteiger partial charge in [0, 0.05) is 55.5 Å². The Morgan fingerprint density at radius 3 is 2.33 bits per heavy atom. The first-order valence-corrected chi connectivity index (χ1v) is 13.7. The highest BCUT2D eigenvalue weighted by atomic mass is 19.1. The number of aromatic nitrogens is 1. The number of hydrogen-bond acceptors (Lipinski definition) is 6. The molecule has 7 nitrogen and oxygen atoms in total. The van der Waals surface area contributed by atoms with E-state index in [2.05, 4.69) is 40.3 Å². The first kappa shape index (κ1) is 34.2. The fourth-order valence-corrected chi connectivity index (χ4v) is 4.47. The van der Waals surface area contributed by atoms with Crippen molar-refractivity contribution in [1.29, 1.82) is 0 Å². The number of nitrogens with one attached hydrogen (secondary N) is 1. The van der Waals surface area contributed by atoms with Crippen LogP contribution in [0.25, 0.3) is 6.08 Å². The molecular formula is C32H46FN5O2. The summed E-state index contributed by atoms with van der Waals surface area (Å²) in [6, 6.07) is 9.91. The quantitative estimate of drug-likeness (QED) is 0.374. The zero-order valence-corrected chi connectivity index (χ0v) is 25.1. The van der Waals surface area contributed by atoms with Gasteiger partial charge < -0.3 is 20.7 Å². The van der Waals surface area contributed by atoms with Gasteiger partial charge in [0.15, 0.2) is 5.83 Å². The van der Waals surface area contributed by atoms with Gasteiger partial charge in [0.25, 0.3) is 5.91 Å². The molecule has 0 unspecified atom stereocenters. The number of aryl methyl sites for hydroxylation is 1. The lowest BCUT2D eigenvalue weighted by atomic mass is 9.88. The minimum atomic E-state index is -0.500. The van der Waals surface area contributed by atoms with Gasteiger partial charge in [-0.15, -0.1) is 0 Å². The lowest BCUT2D eigenvalue weighted by Gasteiger charge is -2.32. The second kappa shape index (κ2) is 17.7. The van der Waals surface area contributed by atoms with Crippen molar-refractivity contribution in [2.75, 3.05) is 39.0 Å². The van der Waals surface area contributed by atoms with E-state index in [1.165, 1.54) is 23.4 Å². The number of benzene rings is 1. The molecule has 0 bridgehead atoms. The van der Waals surface area contributed by atoms with Gasteiger partial charge in [0.05, 0.1) is 5.70 Å². The molecule has 1 aromatic heterocycles. The van der Waals surface area contributed by atoms with E-state index in [0.29, 0.717) is 5.92 Å². The van der Waals surface area contributed by atoms with Crippen LogP contribution in [0.3, 0.4) is 0 Å². The molecule has 0 saturated carbocycles. The van der Waals surface area contributed by atoms with Crippen molar-refractivity contribution >= 4 is 24.5 Å². The average molecular weight is 552 g/mol. The number of carbonyl (C=O) groups is 2. The van der Waals surface area contributed by atoms with Gasteiger partial charge in [-0.2, -0.15) is 0 Å². The summed E-state index contributed by atoms with van der Waals surface area (Å²) >= 11 is 0. The number of rotatable bonds is 8. The van der Waals surface area contributed by atoms with Gasteiger partial charge in [-0.1, -0.05) is 43.7 Å². The molecule has 0 aliphatic carbocycles. The van der Waals surface area contributed by atoms with E-state index in [1.54, 1.807) is 32.1 Å². The summed E-state index contributed by atoms with van der Waals surface area (Å²) in [7, 11) is 3.54. The van der Waals surface area contributed by atoms with Crippen LogP contribution >= 0.6 is 0 Å². The van der Waals surface area contributed by atoms with E-state index < -0.39 is 5.83 Å². The predicted molar refractivity (Wildman–Crippen MR) is 165 cm³/mol. The number of anilines is 1. The van der Waals surface area contributed by atoms with Crippen molar-refractivity contribution < 1.29 is 14.0 Å². The largest absolute Gasteiger partial charge is 0.397 e. The Kier molecular flexibility index (Phi) is 15.2. The van der Waals surface area contributed by atoms with Gasteiger partial charge in [-0.05, 0) is 76.4 Å². The highest BCUT2D eigenvalue weighted by Gasteiger charge is 2.21. The van der Waals surface area contributed by atoms with Crippen LogP contribution in [0.5, 0.6) is 0 Å². The summed E-state index contributed by atoms with van der Waals surface area (Å²) in [6.45, 7) is 14.7. The van der Waals surface area contributed by atoms with E-state index >= 15 is 0 Å². The van der Waals surface area contributed by atoms with Crippen LogP contribution in [0, 0.1) is 6.92 Å². The van der Waals surface area contributed by atoms with E-state index in [1.807, 2.05) is 45.8 Å². The molecule has 8 heteroatoms. The molecule has 1 fully saturated rings. The van der Waals surface area contributed by atoms with Crippen LogP contribution in [-0.2, 0) is 4.79 Å². The number of nitrogens with two attached hydrogens (primary N) is 1. The van der Waals surface area contributed by atoms with Gasteiger partial charge in [-0.25, -0.2) is 4.39 Å². The van der Waals surface area contributed by atoms with Crippen LogP contribution in [0.2, 0.25) is 0 Å². The third-order valence-electron chi connectivity index (χ3n) is 6.62. The summed E-state index contributed by atoms with van der Waals surface area (Å²) in [4.78, 5) is 28.6. The SMILES string of the molecule is C/C=C(N)\C(F)=C/Nc1ccnc(C)c1/C=C(\C)CN1CCC(c2ccc(C(=O)N(C)C)cc2)CC1.C=O.CC. The van der Waals surface area contributed by atoms with Crippen LogP contribution in [0.15, 0.2) is 65.9 Å². The van der Waals surface area contributed by atoms with E-state index in [-0.39, 0.29) is 11.6 Å². The lowest BCUT2D eigenvalue weighted by Crippen LogP contribution is -2.34. The predicted octanol–water partition coefficient (Wildman–Crippen LogP) is 6.30. The van der Waals surface area contributed by atoms with Crippen molar-refractivity contribution in [3.05, 3.63) is 88.3 Å². The highest BCUT2D eigenvalue weighted by Crippen LogP contribution is 2.29. The molecule has 1 aromatic carbocycles. The van der Waals surface area contributed by atoms with Gasteiger partial charge in [-0.3, -0.25) is 14.7 Å². The van der Waals surface area contributed by atoms with Crippen LogP contribution in [0.1, 0.15) is 73.6 Å². The Hall–Kier alpha value is -3.78. The molecule has 2 heterocycles. The fourth-order valence-electron chi connectivity index (χ4n) is 4.47. The first-order chi connectivity index (χ1) is 19.2. The van der Waals surface area contributed by atoms with Crippen molar-refractivity contribution in [3.63, 3.8) is 0 Å². The summed E-state index contributed by atoms with van der Waals surface area (Å²) < 4.78 is 14.1. The molecule has 40 heavy (non-hydrogen) atoms. The van der Waals surface area contributed by atoms with Crippen molar-refractivity contribution in [2.24, 2.45) is 5.73 Å². The third-order valence-corrected chi connectivity index (χ3v) is 6.62. The smallest absolute Gasteiger partial charge is 0.253 e. The van der Waals surface area contributed by atoms with Crippen LogP contribution < -0.4 is 11.1 Å². The van der Waals surface area contributed by atoms with Crippen molar-refractivity contribution in [3.8, 4) is 0 Å². The number of pyridine rings is 1. The molecule has 0 spiro atoms. The summed E-state index contributed by atoms with van der Waals surface area (Å²) in [5.74, 6) is 0.0426. The minimum Gasteiger partial charge on any atom is -0.397 e. The monoisotopic (exact) mass is 551 g/mol. The minimum absolute atomic E-state index is 0.0314. The Balaban J connectivity index is 0.00000191. The standard InChI is InChI=1S/C29H38FN5O.C2H6.CH2O/c1-6-27(31)26(30)18-33-28-11-14-32-21(3)25(28)17-20(2)19-35-15-12-23(13-16-35)22-7-9-24(10-8-22)29(36)34(4)5;2*1-2/h6-11,14,17-18,23H,12-13,15-16,19,31H2,1-5H3,(H,32,33);1-2H3;1H2/b20-17+,26-18+,27-6+;;. The molecule has 0 radical (unpaired) electrons. The number of likely N-dealkylation sites (tertiary alicyclic amines) is 1. The average Bonchev–Trinajstić information content (AvgIpc) is 2.99. The summed E-state index contributed by atoms with van der Waals surface area (Å²) in [5.41, 5.74) is 11.6. The van der Waals surface area contributed by atoms with Crippen molar-refractivity contribution in [2.45, 2.75) is 53.4 Å². The van der Waals surface area contributed by atoms with Gasteiger partial charge in [0.1, 0.15) is 6.79 Å². The first-order valence-electron chi connectivity index (χ1n) is 13.7. The van der Waals surface area contributed by atoms with E-state index in [4.69, 9.17) is 10.5 Å². The molecule has 3 N–H and O–H groups in total. The normalized spacial score (nSPS) is 14.8. The zero-order valence-electron chi connectivity index (χ0n) is 25.1. The van der Waals surface area contributed by atoms with Gasteiger partial charge in [0.2, 0.25) is 0 Å². The molecule has 1 saturated heterocycles. The number of halogens is 1. The number of piperidine rings is 1. The van der Waals surface area contributed by atoms with E-state index in [9.17, 15) is 9.18 Å². The Morgan fingerprint density at radius 1 is 1.18 bits per heavy atom. The molecule has 2 aromatic rings. The molecule has 3 rings (SSSR count). The van der Waals surface area contributed by atoms with Crippen molar-refractivity contribution in [1.82, 2.24) is 14.8 Å². The van der Waals surface area contributed by atoms with Crippen LogP contribution in [0.4, 0.5) is 10.1 Å². The maximum Gasteiger partial charge on any atom is 0.253 e. The molecule has 0 atom stereocenters. The number of nitrogens with zero attached hydrogens (tertiary/aromatic N) is 3. The molecule has 1 amide bonds. The molecule has 1 aliphatic heterocycles. The lowest BCUT2D eigenvalue weighted by molar-refractivity contribution is -0.0980. The second-order valence-electron chi connectivity index (χ2n) is 9.60. The Labute approximate surface area is 239 Å². The molecular weight excluding hydrogens is 505 g/mol.